The zero-order valence-electron chi connectivity index (χ0n) is 9.37. The molecule has 0 radical (unpaired) electrons. The number of alkyl halides is 4. The Morgan fingerprint density at radius 3 is 2.67 bits per heavy atom. The van der Waals surface area contributed by atoms with Crippen LogP contribution in [0, 0.1) is 6.92 Å². The van der Waals surface area contributed by atoms with Crippen molar-refractivity contribution in [1.82, 2.24) is 14.8 Å². The molecule has 0 aromatic carbocycles. The van der Waals surface area contributed by atoms with Crippen molar-refractivity contribution in [2.45, 2.75) is 19.0 Å². The number of pyridine rings is 1. The van der Waals surface area contributed by atoms with Gasteiger partial charge in [-0.3, -0.25) is 0 Å². The SMILES string of the molecule is Cc1ccnc(-n2ncc(CCl)c2C(F)(F)F)c1. The van der Waals surface area contributed by atoms with E-state index in [4.69, 9.17) is 11.6 Å². The lowest BCUT2D eigenvalue weighted by Gasteiger charge is -2.11. The first-order valence-corrected chi connectivity index (χ1v) is 5.60. The molecule has 0 atom stereocenters. The van der Waals surface area contributed by atoms with E-state index >= 15 is 0 Å². The van der Waals surface area contributed by atoms with Gasteiger partial charge in [0.2, 0.25) is 0 Å². The third kappa shape index (κ3) is 2.33. The van der Waals surface area contributed by atoms with E-state index in [1.165, 1.54) is 12.3 Å². The van der Waals surface area contributed by atoms with Gasteiger partial charge in [0.15, 0.2) is 11.5 Å². The first-order valence-electron chi connectivity index (χ1n) is 5.06. The molecule has 2 rings (SSSR count). The van der Waals surface area contributed by atoms with Gasteiger partial charge in [-0.25, -0.2) is 9.67 Å². The van der Waals surface area contributed by atoms with Crippen molar-refractivity contribution < 1.29 is 13.2 Å². The van der Waals surface area contributed by atoms with Gasteiger partial charge >= 0.3 is 6.18 Å². The third-order valence-corrected chi connectivity index (χ3v) is 2.66. The third-order valence-electron chi connectivity index (χ3n) is 2.38. The highest BCUT2D eigenvalue weighted by Gasteiger charge is 2.38. The van der Waals surface area contributed by atoms with Gasteiger partial charge in [-0.2, -0.15) is 18.3 Å². The van der Waals surface area contributed by atoms with E-state index in [0.717, 1.165) is 16.4 Å². The second-order valence-electron chi connectivity index (χ2n) is 3.75. The molecule has 0 bridgehead atoms. The Balaban J connectivity index is 2.62. The minimum Gasteiger partial charge on any atom is -0.237 e. The minimum atomic E-state index is -4.52. The molecular formula is C11H9ClF3N3. The molecule has 0 aliphatic rings. The second kappa shape index (κ2) is 4.61. The van der Waals surface area contributed by atoms with Gasteiger partial charge in [-0.1, -0.05) is 0 Å². The predicted octanol–water partition coefficient (Wildman–Crippen LogP) is 3.33. The molecule has 0 aliphatic heterocycles. The molecule has 3 nitrogen and oxygen atoms in total. The number of aryl methyl sites for hydroxylation is 1. The number of aromatic nitrogens is 3. The summed E-state index contributed by atoms with van der Waals surface area (Å²) < 4.78 is 39.7. The summed E-state index contributed by atoms with van der Waals surface area (Å²) in [4.78, 5) is 3.89. The lowest BCUT2D eigenvalue weighted by molar-refractivity contribution is -0.143. The van der Waals surface area contributed by atoms with Crippen LogP contribution in [-0.2, 0) is 12.1 Å². The van der Waals surface area contributed by atoms with Crippen LogP contribution in [0.5, 0.6) is 0 Å². The Labute approximate surface area is 106 Å². The molecule has 18 heavy (non-hydrogen) atoms. The first kappa shape index (κ1) is 12.9. The van der Waals surface area contributed by atoms with E-state index in [2.05, 4.69) is 10.1 Å². The average Bonchev–Trinajstić information content (AvgIpc) is 2.72. The fourth-order valence-electron chi connectivity index (χ4n) is 1.59. The Kier molecular flexibility index (Phi) is 3.30. The predicted molar refractivity (Wildman–Crippen MR) is 60.7 cm³/mol. The number of nitrogens with zero attached hydrogens (tertiary/aromatic N) is 3. The van der Waals surface area contributed by atoms with Gasteiger partial charge in [0.1, 0.15) is 0 Å². The van der Waals surface area contributed by atoms with Crippen LogP contribution in [-0.4, -0.2) is 14.8 Å². The van der Waals surface area contributed by atoms with E-state index < -0.39 is 11.9 Å². The number of rotatable bonds is 2. The summed E-state index contributed by atoms with van der Waals surface area (Å²) in [6.07, 6.45) is -1.97. The molecule has 0 aliphatic carbocycles. The molecule has 0 fully saturated rings. The van der Waals surface area contributed by atoms with Crippen LogP contribution < -0.4 is 0 Å². The molecule has 0 saturated carbocycles. The van der Waals surface area contributed by atoms with Gasteiger partial charge in [0.05, 0.1) is 12.1 Å². The van der Waals surface area contributed by atoms with Crippen molar-refractivity contribution in [3.05, 3.63) is 41.3 Å². The number of hydrogen-bond acceptors (Lipinski definition) is 2. The largest absolute Gasteiger partial charge is 0.433 e. The molecule has 0 spiro atoms. The van der Waals surface area contributed by atoms with Crippen LogP contribution >= 0.6 is 11.6 Å². The zero-order chi connectivity index (χ0) is 13.3. The normalized spacial score (nSPS) is 11.8. The van der Waals surface area contributed by atoms with Crippen LogP contribution in [0.4, 0.5) is 13.2 Å². The van der Waals surface area contributed by atoms with Crippen molar-refractivity contribution in [3.8, 4) is 5.82 Å². The van der Waals surface area contributed by atoms with Gasteiger partial charge in [0, 0.05) is 11.8 Å². The van der Waals surface area contributed by atoms with E-state index in [1.807, 2.05) is 0 Å². The topological polar surface area (TPSA) is 30.7 Å². The molecule has 2 heterocycles. The van der Waals surface area contributed by atoms with Gasteiger partial charge in [0.25, 0.3) is 0 Å². The highest BCUT2D eigenvalue weighted by atomic mass is 35.5. The Morgan fingerprint density at radius 2 is 2.11 bits per heavy atom. The highest BCUT2D eigenvalue weighted by molar-refractivity contribution is 6.17. The summed E-state index contributed by atoms with van der Waals surface area (Å²) >= 11 is 5.50. The molecule has 0 saturated heterocycles. The summed E-state index contributed by atoms with van der Waals surface area (Å²) in [6, 6.07) is 3.23. The lowest BCUT2D eigenvalue weighted by Crippen LogP contribution is -2.16. The quantitative estimate of drug-likeness (QED) is 0.787. The van der Waals surface area contributed by atoms with Gasteiger partial charge in [-0.15, -0.1) is 11.6 Å². The van der Waals surface area contributed by atoms with Gasteiger partial charge in [-0.05, 0) is 24.6 Å². The fourth-order valence-corrected chi connectivity index (χ4v) is 1.79. The number of halogens is 4. The summed E-state index contributed by atoms with van der Waals surface area (Å²) in [5.74, 6) is -0.126. The van der Waals surface area contributed by atoms with Crippen molar-refractivity contribution in [1.29, 1.82) is 0 Å². The molecule has 0 unspecified atom stereocenters. The van der Waals surface area contributed by atoms with Crippen LogP contribution in [0.3, 0.4) is 0 Å². The van der Waals surface area contributed by atoms with E-state index in [1.54, 1.807) is 13.0 Å². The van der Waals surface area contributed by atoms with Crippen LogP contribution in [0.1, 0.15) is 16.8 Å². The zero-order valence-corrected chi connectivity index (χ0v) is 10.1. The fraction of sp³-hybridized carbons (Fsp3) is 0.273. The lowest BCUT2D eigenvalue weighted by atomic mass is 10.2. The highest BCUT2D eigenvalue weighted by Crippen LogP contribution is 2.33. The maximum absolute atomic E-state index is 13.0. The summed E-state index contributed by atoms with van der Waals surface area (Å²) in [7, 11) is 0. The molecule has 2 aromatic rings. The van der Waals surface area contributed by atoms with Crippen molar-refractivity contribution in [3.63, 3.8) is 0 Å². The Hall–Kier alpha value is -1.56. The van der Waals surface area contributed by atoms with Crippen molar-refractivity contribution in [2.24, 2.45) is 0 Å². The minimum absolute atomic E-state index is 0.0625. The first-order chi connectivity index (χ1) is 8.43. The van der Waals surface area contributed by atoms with Crippen molar-refractivity contribution >= 4 is 11.6 Å². The number of hydrogen-bond donors (Lipinski definition) is 0. The Bertz CT molecular complexity index is 563. The Morgan fingerprint density at radius 1 is 1.39 bits per heavy atom. The van der Waals surface area contributed by atoms with E-state index in [0.29, 0.717) is 0 Å². The second-order valence-corrected chi connectivity index (χ2v) is 4.02. The maximum Gasteiger partial charge on any atom is 0.433 e. The van der Waals surface area contributed by atoms with E-state index in [9.17, 15) is 13.2 Å². The van der Waals surface area contributed by atoms with Crippen LogP contribution in [0.15, 0.2) is 24.5 Å². The molecule has 96 valence electrons. The smallest absolute Gasteiger partial charge is 0.237 e. The van der Waals surface area contributed by atoms with Crippen LogP contribution in [0.2, 0.25) is 0 Å². The van der Waals surface area contributed by atoms with Crippen molar-refractivity contribution in [2.75, 3.05) is 0 Å². The molecular weight excluding hydrogens is 267 g/mol. The van der Waals surface area contributed by atoms with Gasteiger partial charge < -0.3 is 0 Å². The van der Waals surface area contributed by atoms with E-state index in [-0.39, 0.29) is 17.3 Å². The molecule has 2 aromatic heterocycles. The monoisotopic (exact) mass is 275 g/mol. The van der Waals surface area contributed by atoms with Crippen LogP contribution in [0.25, 0.3) is 5.82 Å². The molecule has 7 heteroatoms. The summed E-state index contributed by atoms with van der Waals surface area (Å²) in [6.45, 7) is 1.77. The molecule has 0 amide bonds. The molecule has 0 N–H and O–H groups in total. The summed E-state index contributed by atoms with van der Waals surface area (Å²) in [5, 5.41) is 3.71. The standard InChI is InChI=1S/C11H9ClF3N3/c1-7-2-3-16-9(4-7)18-10(11(13,14)15)8(5-12)6-17-18/h2-4,6H,5H2,1H3. The maximum atomic E-state index is 13.0. The average molecular weight is 276 g/mol. The summed E-state index contributed by atoms with van der Waals surface area (Å²) in [5.41, 5.74) is -0.140.